The van der Waals surface area contributed by atoms with E-state index in [1.165, 1.54) is 0 Å². The van der Waals surface area contributed by atoms with Crippen molar-refractivity contribution in [1.82, 2.24) is 9.80 Å². The first kappa shape index (κ1) is 29.4. The first-order valence-electron chi connectivity index (χ1n) is 14.2. The molecule has 2 saturated heterocycles. The molecule has 3 aromatic carbocycles. The Morgan fingerprint density at radius 2 is 1.59 bits per heavy atom. The average Bonchev–Trinajstić information content (AvgIpc) is 3.44. The monoisotopic (exact) mass is 593 g/mol. The molecule has 8 heteroatoms. The van der Waals surface area contributed by atoms with Crippen molar-refractivity contribution < 1.29 is 14.3 Å². The molecule has 2 N–H and O–H groups in total. The van der Waals surface area contributed by atoms with Gasteiger partial charge in [0.15, 0.2) is 0 Å². The van der Waals surface area contributed by atoms with Crippen molar-refractivity contribution in [2.24, 2.45) is 5.73 Å². The predicted octanol–water partition coefficient (Wildman–Crippen LogP) is 5.62. The molecule has 1 unspecified atom stereocenters. The Kier molecular flexibility index (Phi) is 8.93. The van der Waals surface area contributed by atoms with Gasteiger partial charge < -0.3 is 20.3 Å². The lowest BCUT2D eigenvalue weighted by Gasteiger charge is -2.41. The highest BCUT2D eigenvalue weighted by Gasteiger charge is 2.44. The molecule has 0 bridgehead atoms. The van der Waals surface area contributed by atoms with E-state index in [9.17, 15) is 9.59 Å². The lowest BCUT2D eigenvalue weighted by Crippen LogP contribution is -2.50. The molecule has 2 aliphatic rings. The number of rotatable bonds is 9. The van der Waals surface area contributed by atoms with E-state index < -0.39 is 5.41 Å². The van der Waals surface area contributed by atoms with Gasteiger partial charge in [-0.1, -0.05) is 77.8 Å². The number of likely N-dealkylation sites (tertiary alicyclic amines) is 2. The molecule has 41 heavy (non-hydrogen) atoms. The number of hydrogen-bond donors (Lipinski definition) is 1. The fraction of sp³-hybridized carbons (Fsp3) is 0.394. The van der Waals surface area contributed by atoms with Crippen LogP contribution in [0.3, 0.4) is 0 Å². The first-order valence-corrected chi connectivity index (χ1v) is 14.9. The van der Waals surface area contributed by atoms with E-state index in [1.54, 1.807) is 7.11 Å². The number of piperidine rings is 1. The second-order valence-electron chi connectivity index (χ2n) is 11.4. The fourth-order valence-electron chi connectivity index (χ4n) is 6.58. The third-order valence-corrected chi connectivity index (χ3v) is 9.93. The highest BCUT2D eigenvalue weighted by atomic mass is 35.5. The third-order valence-electron chi connectivity index (χ3n) is 9.19. The van der Waals surface area contributed by atoms with Crippen molar-refractivity contribution in [3.63, 3.8) is 0 Å². The molecule has 2 aliphatic heterocycles. The summed E-state index contributed by atoms with van der Waals surface area (Å²) in [5.74, 6) is 0.558. The number of methoxy groups -OCH3 is 1. The Bertz CT molecular complexity index is 1390. The molecule has 0 saturated carbocycles. The Hall–Kier alpha value is -3.06. The molecule has 2 heterocycles. The van der Waals surface area contributed by atoms with Crippen LogP contribution in [0.25, 0.3) is 0 Å². The van der Waals surface area contributed by atoms with Gasteiger partial charge in [0.1, 0.15) is 5.75 Å². The van der Waals surface area contributed by atoms with Crippen LogP contribution in [-0.2, 0) is 26.8 Å². The lowest BCUT2D eigenvalue weighted by molar-refractivity contribution is -0.129. The topological polar surface area (TPSA) is 75.9 Å². The maximum atomic E-state index is 13.5. The highest BCUT2D eigenvalue weighted by molar-refractivity contribution is 6.42. The predicted molar refractivity (Wildman–Crippen MR) is 164 cm³/mol. The van der Waals surface area contributed by atoms with Crippen molar-refractivity contribution in [3.8, 4) is 5.75 Å². The maximum absolute atomic E-state index is 13.5. The smallest absolute Gasteiger partial charge is 0.228 e. The van der Waals surface area contributed by atoms with Gasteiger partial charge >= 0.3 is 0 Å². The van der Waals surface area contributed by atoms with Gasteiger partial charge in [0, 0.05) is 24.1 Å². The second-order valence-corrected chi connectivity index (χ2v) is 12.2. The summed E-state index contributed by atoms with van der Waals surface area (Å²) < 4.78 is 5.47. The number of ether oxygens (including phenoxy) is 1. The first-order chi connectivity index (χ1) is 19.8. The van der Waals surface area contributed by atoms with E-state index in [-0.39, 0.29) is 17.2 Å². The Morgan fingerprint density at radius 1 is 0.878 bits per heavy atom. The molecule has 2 amide bonds. The van der Waals surface area contributed by atoms with Crippen LogP contribution in [0, 0.1) is 0 Å². The van der Waals surface area contributed by atoms with Gasteiger partial charge in [-0.2, -0.15) is 0 Å². The molecule has 1 atom stereocenters. The summed E-state index contributed by atoms with van der Waals surface area (Å²) in [6.07, 6.45) is 3.37. The van der Waals surface area contributed by atoms with Crippen molar-refractivity contribution in [1.29, 1.82) is 0 Å². The van der Waals surface area contributed by atoms with Crippen molar-refractivity contribution in [3.05, 3.63) is 99.5 Å². The SMILES string of the molecule is COc1ccccc1CC(=O)N1CCC(CCN2CCC(C(N)=O)(c3ccccc3)CC2)(c2ccc(Cl)c(Cl)c2)C1. The number of carbonyl (C=O) groups excluding carboxylic acids is 2. The van der Waals surface area contributed by atoms with Crippen LogP contribution in [0.15, 0.2) is 72.8 Å². The lowest BCUT2D eigenvalue weighted by atomic mass is 9.71. The van der Waals surface area contributed by atoms with Crippen LogP contribution in [0.1, 0.15) is 42.4 Å². The van der Waals surface area contributed by atoms with Crippen LogP contribution < -0.4 is 10.5 Å². The quantitative estimate of drug-likeness (QED) is 0.349. The summed E-state index contributed by atoms with van der Waals surface area (Å²) in [6, 6.07) is 23.4. The average molecular weight is 595 g/mol. The molecule has 0 aliphatic carbocycles. The van der Waals surface area contributed by atoms with Gasteiger partial charge in [0.25, 0.3) is 0 Å². The summed E-state index contributed by atoms with van der Waals surface area (Å²) in [4.78, 5) is 30.5. The van der Waals surface area contributed by atoms with Crippen LogP contribution >= 0.6 is 23.2 Å². The third kappa shape index (κ3) is 6.11. The number of benzene rings is 3. The molecule has 0 spiro atoms. The van der Waals surface area contributed by atoms with Gasteiger partial charge in [-0.25, -0.2) is 0 Å². The number of nitrogens with two attached hydrogens (primary N) is 1. The van der Waals surface area contributed by atoms with Crippen molar-refractivity contribution in [2.75, 3.05) is 39.8 Å². The molecule has 5 rings (SSSR count). The van der Waals surface area contributed by atoms with Gasteiger partial charge in [-0.05, 0) is 74.6 Å². The van der Waals surface area contributed by atoms with E-state index >= 15 is 0 Å². The number of halogens is 2. The summed E-state index contributed by atoms with van der Waals surface area (Å²) in [7, 11) is 1.63. The van der Waals surface area contributed by atoms with Crippen LogP contribution in [0.5, 0.6) is 5.75 Å². The standard InChI is InChI=1S/C33H37Cl2N3O3/c1-41-29-10-6-5-7-24(29)21-30(39)38-20-14-32(23-38,26-11-12-27(34)28(35)22-26)13-17-37-18-15-33(16-19-37,31(36)40)25-8-3-2-4-9-25/h2-12,22H,13-21,23H2,1H3,(H2,36,40). The minimum atomic E-state index is -0.631. The summed E-state index contributed by atoms with van der Waals surface area (Å²) >= 11 is 12.8. The Balaban J connectivity index is 1.31. The van der Waals surface area contributed by atoms with Gasteiger partial charge in [0.2, 0.25) is 11.8 Å². The Morgan fingerprint density at radius 3 is 2.27 bits per heavy atom. The number of hydrogen-bond acceptors (Lipinski definition) is 4. The van der Waals surface area contributed by atoms with E-state index in [0.29, 0.717) is 42.4 Å². The summed E-state index contributed by atoms with van der Waals surface area (Å²) in [5.41, 5.74) is 8.08. The molecular weight excluding hydrogens is 557 g/mol. The second kappa shape index (κ2) is 12.4. The summed E-state index contributed by atoms with van der Waals surface area (Å²) in [5, 5.41) is 1.04. The minimum absolute atomic E-state index is 0.0866. The Labute approximate surface area is 252 Å². The largest absolute Gasteiger partial charge is 0.496 e. The number of carbonyl (C=O) groups is 2. The van der Waals surface area contributed by atoms with Gasteiger partial charge in [-0.15, -0.1) is 0 Å². The minimum Gasteiger partial charge on any atom is -0.496 e. The number of amides is 2. The van der Waals surface area contributed by atoms with E-state index in [1.807, 2.05) is 77.7 Å². The molecular formula is C33H37Cl2N3O3. The molecule has 3 aromatic rings. The number of para-hydroxylation sites is 1. The zero-order valence-electron chi connectivity index (χ0n) is 23.5. The van der Waals surface area contributed by atoms with Crippen LogP contribution in [0.2, 0.25) is 10.0 Å². The zero-order chi connectivity index (χ0) is 29.0. The fourth-order valence-corrected chi connectivity index (χ4v) is 6.88. The van der Waals surface area contributed by atoms with Crippen molar-refractivity contribution in [2.45, 2.75) is 42.9 Å². The zero-order valence-corrected chi connectivity index (χ0v) is 25.0. The normalized spacial score (nSPS) is 20.6. The van der Waals surface area contributed by atoms with Gasteiger partial charge in [0.05, 0.1) is 29.0 Å². The summed E-state index contributed by atoms with van der Waals surface area (Å²) in [6.45, 7) is 3.70. The van der Waals surface area contributed by atoms with Crippen LogP contribution in [-0.4, -0.2) is 61.4 Å². The number of primary amides is 1. The highest BCUT2D eigenvalue weighted by Crippen LogP contribution is 2.42. The van der Waals surface area contributed by atoms with Gasteiger partial charge in [-0.3, -0.25) is 9.59 Å². The van der Waals surface area contributed by atoms with E-state index in [2.05, 4.69) is 4.90 Å². The molecule has 6 nitrogen and oxygen atoms in total. The van der Waals surface area contributed by atoms with Crippen molar-refractivity contribution >= 4 is 35.0 Å². The van der Waals surface area contributed by atoms with E-state index in [4.69, 9.17) is 33.7 Å². The molecule has 0 radical (unpaired) electrons. The van der Waals surface area contributed by atoms with Crippen LogP contribution in [0.4, 0.5) is 0 Å². The molecule has 2 fully saturated rings. The number of nitrogens with zero attached hydrogens (tertiary/aromatic N) is 2. The molecule has 216 valence electrons. The van der Waals surface area contributed by atoms with E-state index in [0.717, 1.165) is 54.9 Å². The molecule has 0 aromatic heterocycles. The maximum Gasteiger partial charge on any atom is 0.228 e.